The molecule has 0 fully saturated rings. The summed E-state index contributed by atoms with van der Waals surface area (Å²) < 4.78 is 5.37. The highest BCUT2D eigenvalue weighted by Crippen LogP contribution is 2.11. The zero-order valence-corrected chi connectivity index (χ0v) is 12.5. The Bertz CT molecular complexity index is 303. The molecule has 0 aliphatic rings. The van der Waals surface area contributed by atoms with Gasteiger partial charge in [0.2, 0.25) is 0 Å². The van der Waals surface area contributed by atoms with Crippen molar-refractivity contribution in [3.05, 3.63) is 0 Å². The Morgan fingerprint density at radius 2 is 1.95 bits per heavy atom. The summed E-state index contributed by atoms with van der Waals surface area (Å²) in [5.74, 6) is -0.860. The van der Waals surface area contributed by atoms with Crippen molar-refractivity contribution in [3.63, 3.8) is 0 Å². The van der Waals surface area contributed by atoms with Crippen molar-refractivity contribution < 1.29 is 19.4 Å². The fourth-order valence-electron chi connectivity index (χ4n) is 1.39. The number of hydrogen-bond donors (Lipinski definition) is 2. The highest BCUT2D eigenvalue weighted by molar-refractivity contribution is 5.74. The molecule has 0 aliphatic heterocycles. The monoisotopic (exact) mass is 274 g/mol. The molecule has 0 unspecified atom stereocenters. The van der Waals surface area contributed by atoms with E-state index in [-0.39, 0.29) is 18.6 Å². The van der Waals surface area contributed by atoms with Gasteiger partial charge >= 0.3 is 12.0 Å². The Kier molecular flexibility index (Phi) is 7.44. The number of carboxylic acid groups (broad SMARTS) is 1. The summed E-state index contributed by atoms with van der Waals surface area (Å²) in [7, 11) is 1.69. The molecule has 0 saturated heterocycles. The van der Waals surface area contributed by atoms with Crippen molar-refractivity contribution in [2.75, 3.05) is 20.2 Å². The zero-order chi connectivity index (χ0) is 15.1. The number of rotatable bonds is 8. The standard InChI is InChI=1S/C13H26N2O4/c1-10(2)19-9-8-15(5)12(18)14-13(3,4)7-6-11(16)17/h10H,6-9H2,1-5H3,(H,14,18)(H,16,17). The molecule has 0 heterocycles. The van der Waals surface area contributed by atoms with Crippen LogP contribution in [0.3, 0.4) is 0 Å². The van der Waals surface area contributed by atoms with Crippen LogP contribution >= 0.6 is 0 Å². The summed E-state index contributed by atoms with van der Waals surface area (Å²) >= 11 is 0. The lowest BCUT2D eigenvalue weighted by Gasteiger charge is -2.29. The van der Waals surface area contributed by atoms with Crippen LogP contribution in [-0.4, -0.2) is 53.8 Å². The third-order valence-corrected chi connectivity index (χ3v) is 2.63. The summed E-state index contributed by atoms with van der Waals surface area (Å²) in [6.45, 7) is 8.49. The van der Waals surface area contributed by atoms with Crippen molar-refractivity contribution in [3.8, 4) is 0 Å². The van der Waals surface area contributed by atoms with Gasteiger partial charge in [-0.05, 0) is 34.1 Å². The summed E-state index contributed by atoms with van der Waals surface area (Å²) in [6, 6.07) is -0.220. The van der Waals surface area contributed by atoms with Gasteiger partial charge in [-0.2, -0.15) is 0 Å². The second-order valence-electron chi connectivity index (χ2n) is 5.55. The molecular weight excluding hydrogens is 248 g/mol. The molecule has 6 nitrogen and oxygen atoms in total. The van der Waals surface area contributed by atoms with Crippen molar-refractivity contribution in [2.45, 2.75) is 52.2 Å². The van der Waals surface area contributed by atoms with E-state index in [4.69, 9.17) is 9.84 Å². The molecule has 19 heavy (non-hydrogen) atoms. The number of urea groups is 1. The minimum atomic E-state index is -0.860. The van der Waals surface area contributed by atoms with Gasteiger partial charge in [-0.25, -0.2) is 4.79 Å². The average molecular weight is 274 g/mol. The number of hydrogen-bond acceptors (Lipinski definition) is 3. The lowest BCUT2D eigenvalue weighted by atomic mass is 9.99. The normalized spacial score (nSPS) is 11.5. The molecule has 6 heteroatoms. The molecule has 0 spiro atoms. The molecular formula is C13H26N2O4. The predicted molar refractivity (Wildman–Crippen MR) is 73.2 cm³/mol. The van der Waals surface area contributed by atoms with E-state index >= 15 is 0 Å². The van der Waals surface area contributed by atoms with Gasteiger partial charge in [-0.3, -0.25) is 4.79 Å². The van der Waals surface area contributed by atoms with Crippen molar-refractivity contribution in [2.24, 2.45) is 0 Å². The number of nitrogens with one attached hydrogen (secondary N) is 1. The van der Waals surface area contributed by atoms with Crippen LogP contribution in [0.2, 0.25) is 0 Å². The lowest BCUT2D eigenvalue weighted by molar-refractivity contribution is -0.137. The molecule has 112 valence electrons. The lowest BCUT2D eigenvalue weighted by Crippen LogP contribution is -2.49. The first-order chi connectivity index (χ1) is 8.64. The van der Waals surface area contributed by atoms with Crippen LogP contribution in [0.15, 0.2) is 0 Å². The number of likely N-dealkylation sites (N-methyl/N-ethyl adjacent to an activating group) is 1. The first-order valence-corrected chi connectivity index (χ1v) is 6.51. The molecule has 0 rings (SSSR count). The number of carbonyl (C=O) groups excluding carboxylic acids is 1. The third-order valence-electron chi connectivity index (χ3n) is 2.63. The van der Waals surface area contributed by atoms with Gasteiger partial charge in [0.15, 0.2) is 0 Å². The molecule has 0 aliphatic carbocycles. The molecule has 2 N–H and O–H groups in total. The number of amides is 2. The Balaban J connectivity index is 4.08. The van der Waals surface area contributed by atoms with E-state index < -0.39 is 11.5 Å². The van der Waals surface area contributed by atoms with Crippen LogP contribution in [0.1, 0.15) is 40.5 Å². The van der Waals surface area contributed by atoms with E-state index in [1.54, 1.807) is 7.05 Å². The van der Waals surface area contributed by atoms with Gasteiger partial charge in [0, 0.05) is 25.6 Å². The van der Waals surface area contributed by atoms with E-state index in [9.17, 15) is 9.59 Å². The van der Waals surface area contributed by atoms with E-state index in [0.717, 1.165) is 0 Å². The van der Waals surface area contributed by atoms with Crippen molar-refractivity contribution >= 4 is 12.0 Å². The van der Waals surface area contributed by atoms with Crippen LogP contribution < -0.4 is 5.32 Å². The molecule has 2 amide bonds. The maximum Gasteiger partial charge on any atom is 0.317 e. The van der Waals surface area contributed by atoms with E-state index in [0.29, 0.717) is 19.6 Å². The van der Waals surface area contributed by atoms with Crippen molar-refractivity contribution in [1.29, 1.82) is 0 Å². The first-order valence-electron chi connectivity index (χ1n) is 6.51. The van der Waals surface area contributed by atoms with Crippen LogP contribution in [-0.2, 0) is 9.53 Å². The second-order valence-corrected chi connectivity index (χ2v) is 5.55. The number of carboxylic acids is 1. The van der Waals surface area contributed by atoms with Crippen LogP contribution in [0, 0.1) is 0 Å². The highest BCUT2D eigenvalue weighted by atomic mass is 16.5. The largest absolute Gasteiger partial charge is 0.481 e. The Hall–Kier alpha value is -1.30. The molecule has 0 atom stereocenters. The highest BCUT2D eigenvalue weighted by Gasteiger charge is 2.23. The summed E-state index contributed by atoms with van der Waals surface area (Å²) in [6.07, 6.45) is 0.571. The van der Waals surface area contributed by atoms with Gasteiger partial charge in [0.05, 0.1) is 12.7 Å². The molecule has 0 saturated carbocycles. The van der Waals surface area contributed by atoms with Crippen molar-refractivity contribution in [1.82, 2.24) is 10.2 Å². The number of nitrogens with zero attached hydrogens (tertiary/aromatic N) is 1. The van der Waals surface area contributed by atoms with Gasteiger partial charge < -0.3 is 20.1 Å². The van der Waals surface area contributed by atoms with Gasteiger partial charge in [-0.1, -0.05) is 0 Å². The predicted octanol–water partition coefficient (Wildman–Crippen LogP) is 1.70. The Morgan fingerprint density at radius 3 is 2.42 bits per heavy atom. The van der Waals surface area contributed by atoms with Gasteiger partial charge in [0.25, 0.3) is 0 Å². The van der Waals surface area contributed by atoms with E-state index in [2.05, 4.69) is 5.32 Å². The minimum Gasteiger partial charge on any atom is -0.481 e. The summed E-state index contributed by atoms with van der Waals surface area (Å²) in [5, 5.41) is 11.5. The molecule has 0 bridgehead atoms. The van der Waals surface area contributed by atoms with Crippen LogP contribution in [0.4, 0.5) is 4.79 Å². The molecule has 0 aromatic rings. The quantitative estimate of drug-likeness (QED) is 0.706. The zero-order valence-electron chi connectivity index (χ0n) is 12.5. The van der Waals surface area contributed by atoms with E-state index in [1.165, 1.54) is 4.90 Å². The molecule has 0 radical (unpaired) electrons. The number of aliphatic carboxylic acids is 1. The average Bonchev–Trinajstić information content (AvgIpc) is 2.25. The topological polar surface area (TPSA) is 78.9 Å². The summed E-state index contributed by atoms with van der Waals surface area (Å²) in [5.41, 5.74) is -0.539. The number of ether oxygens (including phenoxy) is 1. The fourth-order valence-corrected chi connectivity index (χ4v) is 1.39. The third kappa shape index (κ3) is 9.30. The first kappa shape index (κ1) is 17.7. The maximum absolute atomic E-state index is 11.9. The van der Waals surface area contributed by atoms with Gasteiger partial charge in [0.1, 0.15) is 0 Å². The smallest absolute Gasteiger partial charge is 0.317 e. The second kappa shape index (κ2) is 7.99. The van der Waals surface area contributed by atoms with Crippen LogP contribution in [0.25, 0.3) is 0 Å². The maximum atomic E-state index is 11.9. The Morgan fingerprint density at radius 1 is 1.37 bits per heavy atom. The molecule has 0 aromatic heterocycles. The number of carbonyl (C=O) groups is 2. The SMILES string of the molecule is CC(C)OCCN(C)C(=O)NC(C)(C)CCC(=O)O. The summed E-state index contributed by atoms with van der Waals surface area (Å²) in [4.78, 5) is 24.0. The Labute approximate surface area is 115 Å². The van der Waals surface area contributed by atoms with Crippen LogP contribution in [0.5, 0.6) is 0 Å². The van der Waals surface area contributed by atoms with E-state index in [1.807, 2.05) is 27.7 Å². The fraction of sp³-hybridized carbons (Fsp3) is 0.846. The van der Waals surface area contributed by atoms with Gasteiger partial charge in [-0.15, -0.1) is 0 Å². The molecule has 0 aromatic carbocycles. The minimum absolute atomic E-state index is 0.0352.